The van der Waals surface area contributed by atoms with Crippen LogP contribution in [0.25, 0.3) is 0 Å². The summed E-state index contributed by atoms with van der Waals surface area (Å²) in [7, 11) is 0. The van der Waals surface area contributed by atoms with Crippen LogP contribution in [0.3, 0.4) is 0 Å². The fourth-order valence-electron chi connectivity index (χ4n) is 2.71. The van der Waals surface area contributed by atoms with Crippen LogP contribution < -0.4 is 5.73 Å². The van der Waals surface area contributed by atoms with Gasteiger partial charge in [-0.2, -0.15) is 4.98 Å². The SMILES string of the molecule is Cl.NC(Cc1nc(C2CCCC2)no1)c1ccccc1. The molecule has 2 N–H and O–H groups in total. The van der Waals surface area contributed by atoms with Crippen LogP contribution in [-0.4, -0.2) is 10.1 Å². The van der Waals surface area contributed by atoms with Gasteiger partial charge >= 0.3 is 0 Å². The van der Waals surface area contributed by atoms with E-state index in [1.54, 1.807) is 0 Å². The number of benzene rings is 1. The molecule has 0 amide bonds. The highest BCUT2D eigenvalue weighted by Gasteiger charge is 2.22. The highest BCUT2D eigenvalue weighted by Crippen LogP contribution is 2.32. The van der Waals surface area contributed by atoms with E-state index in [1.807, 2.05) is 30.3 Å². The van der Waals surface area contributed by atoms with Gasteiger partial charge in [-0.05, 0) is 18.4 Å². The van der Waals surface area contributed by atoms with Crippen LogP contribution in [0, 0.1) is 0 Å². The largest absolute Gasteiger partial charge is 0.339 e. The summed E-state index contributed by atoms with van der Waals surface area (Å²) in [5.41, 5.74) is 7.26. The van der Waals surface area contributed by atoms with Crippen molar-refractivity contribution in [1.29, 1.82) is 0 Å². The van der Waals surface area contributed by atoms with Gasteiger partial charge in [-0.15, -0.1) is 12.4 Å². The average molecular weight is 294 g/mol. The fraction of sp³-hybridized carbons (Fsp3) is 0.467. The highest BCUT2D eigenvalue weighted by atomic mass is 35.5. The summed E-state index contributed by atoms with van der Waals surface area (Å²) in [6, 6.07) is 9.94. The lowest BCUT2D eigenvalue weighted by Gasteiger charge is -2.08. The van der Waals surface area contributed by atoms with E-state index in [0.29, 0.717) is 18.2 Å². The van der Waals surface area contributed by atoms with Crippen LogP contribution in [0.5, 0.6) is 0 Å². The first kappa shape index (κ1) is 15.0. The molecule has 0 aliphatic heterocycles. The summed E-state index contributed by atoms with van der Waals surface area (Å²) in [6.45, 7) is 0. The molecular formula is C15H20ClN3O. The second-order valence-corrected chi connectivity index (χ2v) is 5.25. The van der Waals surface area contributed by atoms with E-state index >= 15 is 0 Å². The van der Waals surface area contributed by atoms with E-state index in [-0.39, 0.29) is 18.4 Å². The average Bonchev–Trinajstić information content (AvgIpc) is 3.10. The molecule has 1 saturated carbocycles. The van der Waals surface area contributed by atoms with E-state index < -0.39 is 0 Å². The Morgan fingerprint density at radius 1 is 1.20 bits per heavy atom. The first-order valence-electron chi connectivity index (χ1n) is 6.96. The second kappa shape index (κ2) is 6.86. The molecule has 4 nitrogen and oxygen atoms in total. The Hall–Kier alpha value is -1.39. The topological polar surface area (TPSA) is 64.9 Å². The molecule has 0 bridgehead atoms. The third kappa shape index (κ3) is 3.38. The van der Waals surface area contributed by atoms with Gasteiger partial charge in [0.05, 0.1) is 0 Å². The standard InChI is InChI=1S/C15H19N3O.ClH/c16-13(11-6-2-1-3-7-11)10-14-17-15(18-19-14)12-8-4-5-9-12;/h1-3,6-7,12-13H,4-5,8-10,16H2;1H. The zero-order valence-electron chi connectivity index (χ0n) is 11.4. The van der Waals surface area contributed by atoms with Crippen molar-refractivity contribution in [3.63, 3.8) is 0 Å². The van der Waals surface area contributed by atoms with Gasteiger partial charge in [0.2, 0.25) is 5.89 Å². The maximum Gasteiger partial charge on any atom is 0.228 e. The Morgan fingerprint density at radius 3 is 2.60 bits per heavy atom. The molecule has 5 heteroatoms. The molecule has 1 fully saturated rings. The van der Waals surface area contributed by atoms with E-state index in [1.165, 1.54) is 25.7 Å². The predicted octanol–water partition coefficient (Wildman–Crippen LogP) is 3.39. The molecule has 1 unspecified atom stereocenters. The van der Waals surface area contributed by atoms with Gasteiger partial charge in [0, 0.05) is 18.4 Å². The van der Waals surface area contributed by atoms with Crippen LogP contribution in [-0.2, 0) is 6.42 Å². The first-order chi connectivity index (χ1) is 9.33. The zero-order chi connectivity index (χ0) is 13.1. The Morgan fingerprint density at radius 2 is 1.90 bits per heavy atom. The highest BCUT2D eigenvalue weighted by molar-refractivity contribution is 5.85. The van der Waals surface area contributed by atoms with Crippen LogP contribution in [0.1, 0.15) is 54.9 Å². The van der Waals surface area contributed by atoms with Gasteiger partial charge in [0.15, 0.2) is 5.82 Å². The van der Waals surface area contributed by atoms with Gasteiger partial charge < -0.3 is 10.3 Å². The Balaban J connectivity index is 0.00000147. The van der Waals surface area contributed by atoms with Crippen molar-refractivity contribution < 1.29 is 4.52 Å². The summed E-state index contributed by atoms with van der Waals surface area (Å²) < 4.78 is 5.33. The molecule has 0 radical (unpaired) electrons. The van der Waals surface area contributed by atoms with Crippen LogP contribution in [0.2, 0.25) is 0 Å². The second-order valence-electron chi connectivity index (χ2n) is 5.25. The molecule has 1 aliphatic rings. The third-order valence-electron chi connectivity index (χ3n) is 3.83. The monoisotopic (exact) mass is 293 g/mol. The summed E-state index contributed by atoms with van der Waals surface area (Å²) in [5, 5.41) is 4.10. The number of hydrogen-bond acceptors (Lipinski definition) is 4. The summed E-state index contributed by atoms with van der Waals surface area (Å²) in [5.74, 6) is 2.01. The van der Waals surface area contributed by atoms with Crippen molar-refractivity contribution in [3.8, 4) is 0 Å². The molecule has 2 aromatic rings. The molecular weight excluding hydrogens is 274 g/mol. The Kier molecular flexibility index (Phi) is 5.15. The van der Waals surface area contributed by atoms with Crippen molar-refractivity contribution >= 4 is 12.4 Å². The molecule has 1 heterocycles. The van der Waals surface area contributed by atoms with Crippen LogP contribution >= 0.6 is 12.4 Å². The van der Waals surface area contributed by atoms with Gasteiger partial charge in [-0.3, -0.25) is 0 Å². The van der Waals surface area contributed by atoms with Gasteiger partial charge in [-0.1, -0.05) is 48.3 Å². The van der Waals surface area contributed by atoms with Crippen LogP contribution in [0.15, 0.2) is 34.9 Å². The van der Waals surface area contributed by atoms with E-state index in [4.69, 9.17) is 10.3 Å². The minimum Gasteiger partial charge on any atom is -0.339 e. The number of hydrogen-bond donors (Lipinski definition) is 1. The molecule has 1 aromatic carbocycles. The number of nitrogens with zero attached hydrogens (tertiary/aromatic N) is 2. The molecule has 1 aromatic heterocycles. The normalized spacial score (nSPS) is 16.9. The molecule has 0 spiro atoms. The minimum absolute atomic E-state index is 0. The predicted molar refractivity (Wildman–Crippen MR) is 79.8 cm³/mol. The fourth-order valence-corrected chi connectivity index (χ4v) is 2.71. The van der Waals surface area contributed by atoms with Crippen molar-refractivity contribution in [2.45, 2.75) is 44.1 Å². The molecule has 0 saturated heterocycles. The third-order valence-corrected chi connectivity index (χ3v) is 3.83. The Bertz CT molecular complexity index is 523. The maximum absolute atomic E-state index is 6.16. The lowest BCUT2D eigenvalue weighted by Crippen LogP contribution is -2.13. The lowest BCUT2D eigenvalue weighted by atomic mass is 10.0. The van der Waals surface area contributed by atoms with Gasteiger partial charge in [0.1, 0.15) is 0 Å². The summed E-state index contributed by atoms with van der Waals surface area (Å²) >= 11 is 0. The molecule has 20 heavy (non-hydrogen) atoms. The molecule has 108 valence electrons. The van der Waals surface area contributed by atoms with E-state index in [2.05, 4.69) is 10.1 Å². The van der Waals surface area contributed by atoms with Crippen molar-refractivity contribution in [1.82, 2.24) is 10.1 Å². The van der Waals surface area contributed by atoms with Crippen molar-refractivity contribution in [2.75, 3.05) is 0 Å². The van der Waals surface area contributed by atoms with E-state index in [0.717, 1.165) is 11.4 Å². The first-order valence-corrected chi connectivity index (χ1v) is 6.96. The quantitative estimate of drug-likeness (QED) is 0.938. The van der Waals surface area contributed by atoms with E-state index in [9.17, 15) is 0 Å². The minimum atomic E-state index is -0.0851. The number of nitrogens with two attached hydrogens (primary N) is 1. The number of rotatable bonds is 4. The van der Waals surface area contributed by atoms with Gasteiger partial charge in [-0.25, -0.2) is 0 Å². The van der Waals surface area contributed by atoms with Crippen molar-refractivity contribution in [2.24, 2.45) is 5.73 Å². The zero-order valence-corrected chi connectivity index (χ0v) is 12.2. The molecule has 1 atom stereocenters. The smallest absolute Gasteiger partial charge is 0.228 e. The van der Waals surface area contributed by atoms with Crippen LogP contribution in [0.4, 0.5) is 0 Å². The van der Waals surface area contributed by atoms with Gasteiger partial charge in [0.25, 0.3) is 0 Å². The summed E-state index contributed by atoms with van der Waals surface area (Å²) in [4.78, 5) is 4.50. The molecule has 1 aliphatic carbocycles. The Labute approximate surface area is 125 Å². The van der Waals surface area contributed by atoms with Crippen molar-refractivity contribution in [3.05, 3.63) is 47.6 Å². The lowest BCUT2D eigenvalue weighted by molar-refractivity contribution is 0.362. The maximum atomic E-state index is 6.16. The summed E-state index contributed by atoms with van der Waals surface area (Å²) in [6.07, 6.45) is 5.52. The number of halogens is 1. The number of aromatic nitrogens is 2. The molecule has 3 rings (SSSR count).